The summed E-state index contributed by atoms with van der Waals surface area (Å²) in [5, 5.41) is 8.34. The Labute approximate surface area is 80.2 Å². The molecule has 0 unspecified atom stereocenters. The molecule has 1 aromatic rings. The lowest BCUT2D eigenvalue weighted by Crippen LogP contribution is -2.68. The predicted molar refractivity (Wildman–Crippen MR) is 30.1 cm³/mol. The fraction of sp³-hybridized carbons (Fsp3) is 0. The smallest absolute Gasteiger partial charge is 0.336 e. The number of carboxylic acid groups (broad SMARTS) is 1. The first-order chi connectivity index (χ1) is 6.30. The van der Waals surface area contributed by atoms with Crippen LogP contribution in [0.2, 0.25) is 0 Å². The lowest BCUT2D eigenvalue weighted by Gasteiger charge is -2.17. The maximum atomic E-state index is 10.2. The van der Waals surface area contributed by atoms with Crippen molar-refractivity contribution < 1.29 is 43.2 Å². The highest BCUT2D eigenvalue weighted by Crippen LogP contribution is 1.96. The Morgan fingerprint density at radius 2 is 1.57 bits per heavy atom. The Morgan fingerprint density at radius 3 is 1.79 bits per heavy atom. The van der Waals surface area contributed by atoms with E-state index in [4.69, 9.17) is 23.7 Å². The highest BCUT2D eigenvalue weighted by Gasteiger charge is 2.02. The van der Waals surface area contributed by atoms with Crippen LogP contribution in [-0.4, -0.2) is 11.1 Å². The number of carboxylic acids is 1. The van der Waals surface area contributed by atoms with Crippen molar-refractivity contribution in [3.05, 3.63) is 30.2 Å². The zero-order chi connectivity index (χ0) is 11.2. The molecule has 1 N–H and O–H groups in total. The molecule has 0 radical (unpaired) electrons. The maximum absolute atomic E-state index is 10.2. The van der Waals surface area contributed by atoms with Crippen LogP contribution in [0.25, 0.3) is 0 Å². The minimum atomic E-state index is -4.94. The number of aromatic carboxylic acids is 1. The lowest BCUT2D eigenvalue weighted by molar-refractivity contribution is -2.00. The van der Waals surface area contributed by atoms with Crippen molar-refractivity contribution in [1.82, 2.24) is 0 Å². The molecular weight excluding hydrogens is 220 g/mol. The summed E-state index contributed by atoms with van der Waals surface area (Å²) in [6.45, 7) is 0. The Balaban J connectivity index is 0.000000292. The molecule has 78 valence electrons. The molecule has 1 rings (SSSR count). The van der Waals surface area contributed by atoms with Gasteiger partial charge in [-0.3, -0.25) is 0 Å². The summed E-state index contributed by atoms with van der Waals surface area (Å²) >= 11 is 0. The second kappa shape index (κ2) is 5.47. The van der Waals surface area contributed by atoms with E-state index in [-0.39, 0.29) is 5.56 Å². The van der Waals surface area contributed by atoms with E-state index in [1.54, 1.807) is 0 Å². The van der Waals surface area contributed by atoms with E-state index in [1.807, 2.05) is 0 Å². The zero-order valence-electron chi connectivity index (χ0n) is 6.58. The van der Waals surface area contributed by atoms with Gasteiger partial charge < -0.3 is 5.11 Å². The van der Waals surface area contributed by atoms with Crippen LogP contribution in [0.5, 0.6) is 0 Å². The second-order valence-corrected chi connectivity index (χ2v) is 2.64. The van der Waals surface area contributed by atoms with Gasteiger partial charge in [0.2, 0.25) is 0 Å². The van der Waals surface area contributed by atoms with Crippen LogP contribution in [0.15, 0.2) is 29.1 Å². The van der Waals surface area contributed by atoms with Gasteiger partial charge in [-0.15, -0.1) is 10.2 Å². The first-order valence-corrected chi connectivity index (χ1v) is 4.24. The summed E-state index contributed by atoms with van der Waals surface area (Å²) in [7, 11) is -4.94. The van der Waals surface area contributed by atoms with Gasteiger partial charge >= 0.3 is 18.5 Å². The summed E-state index contributed by atoms with van der Waals surface area (Å²) in [6, 6.07) is 2.78. The van der Waals surface area contributed by atoms with E-state index >= 15 is 0 Å². The molecule has 0 bridgehead atoms. The third kappa shape index (κ3) is 8.84. The fourth-order valence-electron chi connectivity index (χ4n) is 0.469. The highest BCUT2D eigenvalue weighted by molar-refractivity contribution is 5.87. The van der Waals surface area contributed by atoms with Gasteiger partial charge in [-0.05, 0) is 0 Å². The minimum Gasteiger partial charge on any atom is -0.478 e. The van der Waals surface area contributed by atoms with E-state index < -0.39 is 16.2 Å². The van der Waals surface area contributed by atoms with Crippen LogP contribution in [-0.2, 0) is 0 Å². The first kappa shape index (κ1) is 12.8. The molecule has 0 aromatic carbocycles. The summed E-state index contributed by atoms with van der Waals surface area (Å²) in [4.78, 5) is 10.2. The summed E-state index contributed by atoms with van der Waals surface area (Å²) in [5.74, 6) is -0.939. The van der Waals surface area contributed by atoms with Gasteiger partial charge in [-0.25, -0.2) is 27.8 Å². The molecule has 0 aliphatic rings. The van der Waals surface area contributed by atoms with E-state index in [2.05, 4.69) is 4.42 Å². The quantitative estimate of drug-likeness (QED) is 0.488. The third-order valence-electron chi connectivity index (χ3n) is 0.899. The summed E-state index contributed by atoms with van der Waals surface area (Å²) in [5.41, 5.74) is 0.237. The van der Waals surface area contributed by atoms with Crippen LogP contribution in [0.3, 0.4) is 0 Å². The van der Waals surface area contributed by atoms with E-state index in [9.17, 15) is 4.79 Å². The number of carbonyl (C=O) groups is 1. The largest absolute Gasteiger partial charge is 0.478 e. The van der Waals surface area contributed by atoms with Gasteiger partial charge in [0.25, 0.3) is 0 Å². The Bertz CT molecular complexity index is 274. The van der Waals surface area contributed by atoms with Gasteiger partial charge in [0.15, 0.2) is 0 Å². The number of rotatable bonds is 1. The molecule has 0 aliphatic heterocycles. The second-order valence-electron chi connectivity index (χ2n) is 1.88. The maximum Gasteiger partial charge on any atom is 0.336 e. The van der Waals surface area contributed by atoms with E-state index in [0.717, 1.165) is 0 Å². The van der Waals surface area contributed by atoms with Crippen LogP contribution in [0, 0.1) is 10.2 Å². The number of hydrogen-bond acceptors (Lipinski definition) is 5. The van der Waals surface area contributed by atoms with E-state index in [0.29, 0.717) is 0 Å². The summed E-state index contributed by atoms with van der Waals surface area (Å²) in [6.07, 6.45) is 2.65. The molecule has 1 heterocycles. The van der Waals surface area contributed by atoms with Crippen molar-refractivity contribution in [3.8, 4) is 0 Å². The van der Waals surface area contributed by atoms with Gasteiger partial charge in [0, 0.05) is 12.1 Å². The van der Waals surface area contributed by atoms with Gasteiger partial charge in [0.05, 0.1) is 5.56 Å². The summed E-state index contributed by atoms with van der Waals surface area (Å²) < 4.78 is 38.6. The average molecular weight is 225 g/mol. The molecule has 1 aromatic heterocycles. The molecule has 0 saturated carbocycles. The van der Waals surface area contributed by atoms with E-state index in [1.165, 1.54) is 24.7 Å². The van der Waals surface area contributed by atoms with Crippen LogP contribution >= 0.6 is 0 Å². The van der Waals surface area contributed by atoms with Crippen molar-refractivity contribution in [3.63, 3.8) is 0 Å². The minimum absolute atomic E-state index is 0.237. The van der Waals surface area contributed by atoms with Crippen molar-refractivity contribution in [2.45, 2.75) is 0 Å². The molecule has 0 saturated heterocycles. The molecule has 0 aliphatic carbocycles. The van der Waals surface area contributed by atoms with Gasteiger partial charge in [-0.1, -0.05) is 0 Å². The van der Waals surface area contributed by atoms with Crippen LogP contribution in [0.1, 0.15) is 10.4 Å². The SMILES string of the molecule is O=C(O)c1cc[o+]cc1.[O-][Cl+3]([O-])([O-])[O-]. The molecule has 0 spiro atoms. The van der Waals surface area contributed by atoms with Crippen molar-refractivity contribution in [1.29, 1.82) is 0 Å². The molecule has 8 heteroatoms. The first-order valence-electron chi connectivity index (χ1n) is 3.01. The predicted octanol–water partition coefficient (Wildman–Crippen LogP) is -3.50. The Kier molecular flexibility index (Phi) is 4.99. The van der Waals surface area contributed by atoms with Crippen LogP contribution < -0.4 is 18.6 Å². The molecule has 14 heavy (non-hydrogen) atoms. The number of hydrogen-bond donors (Lipinski definition) is 1. The molecule has 0 amide bonds. The monoisotopic (exact) mass is 224 g/mol. The highest BCUT2D eigenvalue weighted by atomic mass is 35.7. The lowest BCUT2D eigenvalue weighted by atomic mass is 10.3. The average Bonchev–Trinajstić information content (AvgIpc) is 2.03. The third-order valence-corrected chi connectivity index (χ3v) is 0.899. The Morgan fingerprint density at radius 1 is 1.21 bits per heavy atom. The van der Waals surface area contributed by atoms with Crippen molar-refractivity contribution >= 4 is 5.97 Å². The standard InChI is InChI=1S/C6H4O3.ClHO4/c7-6(8)5-1-3-9-4-2-5;2-1(3,4)5/h1-4H;(H,2,3,4,5). The van der Waals surface area contributed by atoms with Crippen molar-refractivity contribution in [2.24, 2.45) is 0 Å². The Hall–Kier alpha value is -1.25. The molecule has 7 nitrogen and oxygen atoms in total. The topological polar surface area (TPSA) is 141 Å². The normalized spacial score (nSPS) is 10.0. The van der Waals surface area contributed by atoms with Crippen LogP contribution in [0.4, 0.5) is 0 Å². The van der Waals surface area contributed by atoms with Gasteiger partial charge in [0.1, 0.15) is 0 Å². The fourth-order valence-corrected chi connectivity index (χ4v) is 0.469. The van der Waals surface area contributed by atoms with Gasteiger partial charge in [-0.2, -0.15) is 0 Å². The molecule has 0 fully saturated rings. The van der Waals surface area contributed by atoms with Crippen molar-refractivity contribution in [2.75, 3.05) is 0 Å². The molecule has 0 atom stereocenters. The number of halogens is 1. The molecular formula is C6H5ClO7. The zero-order valence-corrected chi connectivity index (χ0v) is 7.34.